The second kappa shape index (κ2) is 7.54. The largest absolute Gasteiger partial charge is 0.453 e. The zero-order valence-corrected chi connectivity index (χ0v) is 12.6. The molecule has 4 N–H and O–H groups in total. The minimum Gasteiger partial charge on any atom is -0.453 e. The van der Waals surface area contributed by atoms with E-state index in [0.29, 0.717) is 0 Å². The summed E-state index contributed by atoms with van der Waals surface area (Å²) in [6.07, 6.45) is -9.44. The highest BCUT2D eigenvalue weighted by molar-refractivity contribution is 5.89. The zero-order valence-electron chi connectivity index (χ0n) is 12.6. The van der Waals surface area contributed by atoms with Gasteiger partial charge in [0.2, 0.25) is 0 Å². The molecular weight excluding hydrogens is 320 g/mol. The summed E-state index contributed by atoms with van der Waals surface area (Å²) in [6.45, 7) is 3.18. The molecule has 2 rings (SSSR count). The Balaban J connectivity index is 2.19. The van der Waals surface area contributed by atoms with Crippen LogP contribution in [0.3, 0.4) is 0 Å². The third kappa shape index (κ3) is 3.62. The molecule has 0 aromatic heterocycles. The minimum absolute atomic E-state index is 0.164. The van der Waals surface area contributed by atoms with Gasteiger partial charge in [-0.2, -0.15) is 0 Å². The molecular formula is C16H18O8. The van der Waals surface area contributed by atoms with E-state index in [1.807, 2.05) is 0 Å². The first-order valence-electron chi connectivity index (χ1n) is 7.18. The number of hydrogen-bond acceptors (Lipinski definition) is 8. The van der Waals surface area contributed by atoms with Crippen LogP contribution in [0.1, 0.15) is 10.4 Å². The maximum absolute atomic E-state index is 12.1. The van der Waals surface area contributed by atoms with E-state index >= 15 is 0 Å². The van der Waals surface area contributed by atoms with Crippen LogP contribution in [0.2, 0.25) is 0 Å². The van der Waals surface area contributed by atoms with Gasteiger partial charge in [0.05, 0.1) is 5.56 Å². The lowest BCUT2D eigenvalue weighted by molar-refractivity contribution is -0.231. The molecule has 24 heavy (non-hydrogen) atoms. The zero-order chi connectivity index (χ0) is 17.9. The fourth-order valence-corrected chi connectivity index (χ4v) is 2.41. The quantitative estimate of drug-likeness (QED) is 0.396. The predicted octanol–water partition coefficient (Wildman–Crippen LogP) is -1.23. The van der Waals surface area contributed by atoms with Crippen LogP contribution in [0, 0.1) is 0 Å². The Bertz CT molecular complexity index is 601. The minimum atomic E-state index is -1.79. The van der Waals surface area contributed by atoms with Crippen molar-refractivity contribution in [3.05, 3.63) is 48.6 Å². The summed E-state index contributed by atoms with van der Waals surface area (Å²) < 4.78 is 9.82. The summed E-state index contributed by atoms with van der Waals surface area (Å²) in [6, 6.07) is 7.80. The number of rotatable bonds is 4. The van der Waals surface area contributed by atoms with Crippen LogP contribution >= 0.6 is 0 Å². The van der Waals surface area contributed by atoms with Gasteiger partial charge in [-0.3, -0.25) is 0 Å². The molecule has 0 heterocycles. The lowest BCUT2D eigenvalue weighted by Crippen LogP contribution is -2.65. The van der Waals surface area contributed by atoms with Gasteiger partial charge in [0.15, 0.2) is 12.2 Å². The summed E-state index contributed by atoms with van der Waals surface area (Å²) >= 11 is 0. The topological polar surface area (TPSA) is 134 Å². The molecule has 0 amide bonds. The molecule has 0 radical (unpaired) electrons. The van der Waals surface area contributed by atoms with E-state index in [9.17, 15) is 30.0 Å². The Morgan fingerprint density at radius 3 is 1.96 bits per heavy atom. The summed E-state index contributed by atoms with van der Waals surface area (Å²) in [5, 5.41) is 39.9. The Hall–Kier alpha value is -2.26. The number of carbonyl (C=O) groups is 2. The molecule has 1 aliphatic rings. The number of hydrogen-bond donors (Lipinski definition) is 4. The van der Waals surface area contributed by atoms with E-state index in [4.69, 9.17) is 9.47 Å². The van der Waals surface area contributed by atoms with Crippen LogP contribution in [0.5, 0.6) is 0 Å². The van der Waals surface area contributed by atoms with Gasteiger partial charge in [-0.1, -0.05) is 24.8 Å². The average molecular weight is 338 g/mol. The van der Waals surface area contributed by atoms with Crippen LogP contribution in [-0.4, -0.2) is 69.0 Å². The monoisotopic (exact) mass is 338 g/mol. The molecule has 1 saturated carbocycles. The summed E-state index contributed by atoms with van der Waals surface area (Å²) in [4.78, 5) is 23.4. The Labute approximate surface area is 137 Å². The normalized spacial score (nSPS) is 32.7. The second-order valence-electron chi connectivity index (χ2n) is 5.30. The maximum atomic E-state index is 12.1. The fourth-order valence-electron chi connectivity index (χ4n) is 2.41. The van der Waals surface area contributed by atoms with Crippen molar-refractivity contribution in [2.75, 3.05) is 0 Å². The van der Waals surface area contributed by atoms with Crippen molar-refractivity contribution in [1.29, 1.82) is 0 Å². The van der Waals surface area contributed by atoms with Crippen molar-refractivity contribution in [2.45, 2.75) is 36.6 Å². The van der Waals surface area contributed by atoms with E-state index in [2.05, 4.69) is 6.58 Å². The third-order valence-corrected chi connectivity index (χ3v) is 3.72. The number of aliphatic hydroxyl groups is 4. The fraction of sp³-hybridized carbons (Fsp3) is 0.375. The Kier molecular flexibility index (Phi) is 5.68. The van der Waals surface area contributed by atoms with E-state index in [-0.39, 0.29) is 5.56 Å². The smallest absolute Gasteiger partial charge is 0.338 e. The van der Waals surface area contributed by atoms with E-state index in [0.717, 1.165) is 6.08 Å². The van der Waals surface area contributed by atoms with Crippen molar-refractivity contribution in [2.24, 2.45) is 0 Å². The molecule has 0 bridgehead atoms. The van der Waals surface area contributed by atoms with Gasteiger partial charge < -0.3 is 29.9 Å². The van der Waals surface area contributed by atoms with Gasteiger partial charge in [0, 0.05) is 6.08 Å². The van der Waals surface area contributed by atoms with E-state index in [1.165, 1.54) is 12.1 Å². The van der Waals surface area contributed by atoms with Gasteiger partial charge in [-0.25, -0.2) is 9.59 Å². The van der Waals surface area contributed by atoms with Crippen molar-refractivity contribution in [3.8, 4) is 0 Å². The third-order valence-electron chi connectivity index (χ3n) is 3.72. The first-order valence-corrected chi connectivity index (χ1v) is 7.18. The molecule has 0 unspecified atom stereocenters. The summed E-state index contributed by atoms with van der Waals surface area (Å²) in [5.41, 5.74) is 0.164. The molecule has 1 aliphatic carbocycles. The van der Waals surface area contributed by atoms with Gasteiger partial charge >= 0.3 is 11.9 Å². The van der Waals surface area contributed by atoms with Gasteiger partial charge in [-0.05, 0) is 12.1 Å². The van der Waals surface area contributed by atoms with E-state index in [1.54, 1.807) is 18.2 Å². The van der Waals surface area contributed by atoms with Crippen molar-refractivity contribution < 1.29 is 39.5 Å². The molecule has 0 saturated heterocycles. The second-order valence-corrected chi connectivity index (χ2v) is 5.30. The Morgan fingerprint density at radius 2 is 1.42 bits per heavy atom. The number of ether oxygens (including phenoxy) is 2. The molecule has 0 aliphatic heterocycles. The van der Waals surface area contributed by atoms with Crippen molar-refractivity contribution in [1.82, 2.24) is 0 Å². The number of benzene rings is 1. The standard InChI is InChI=1S/C16H18O8/c1-2-9(17)23-14-11(19)10(18)12(20)15(13(14)21)24-16(22)8-6-4-3-5-7-8/h2-7,10-15,18-21H,1H2/t10-,11-,12+,13-,14+,15+/m1/s1. The highest BCUT2D eigenvalue weighted by atomic mass is 16.6. The highest BCUT2D eigenvalue weighted by Crippen LogP contribution is 2.27. The van der Waals surface area contributed by atoms with Crippen LogP contribution in [0.4, 0.5) is 0 Å². The molecule has 1 aromatic carbocycles. The van der Waals surface area contributed by atoms with Crippen LogP contribution in [-0.2, 0) is 14.3 Å². The first-order chi connectivity index (χ1) is 11.4. The molecule has 130 valence electrons. The molecule has 0 spiro atoms. The van der Waals surface area contributed by atoms with Crippen LogP contribution in [0.15, 0.2) is 43.0 Å². The van der Waals surface area contributed by atoms with Crippen molar-refractivity contribution in [3.63, 3.8) is 0 Å². The van der Waals surface area contributed by atoms with Gasteiger partial charge in [0.25, 0.3) is 0 Å². The summed E-state index contributed by atoms with van der Waals surface area (Å²) in [7, 11) is 0. The average Bonchev–Trinajstić information content (AvgIpc) is 2.61. The maximum Gasteiger partial charge on any atom is 0.338 e. The van der Waals surface area contributed by atoms with Gasteiger partial charge in [0.1, 0.15) is 24.4 Å². The first kappa shape index (κ1) is 18.1. The lowest BCUT2D eigenvalue weighted by Gasteiger charge is -2.42. The molecule has 8 heteroatoms. The predicted molar refractivity (Wildman–Crippen MR) is 79.7 cm³/mol. The number of carbonyl (C=O) groups excluding carboxylic acids is 2. The number of esters is 2. The molecule has 1 aromatic rings. The molecule has 1 fully saturated rings. The van der Waals surface area contributed by atoms with Gasteiger partial charge in [-0.15, -0.1) is 0 Å². The van der Waals surface area contributed by atoms with Crippen LogP contribution in [0.25, 0.3) is 0 Å². The molecule has 6 atom stereocenters. The van der Waals surface area contributed by atoms with E-state index < -0.39 is 48.6 Å². The van der Waals surface area contributed by atoms with Crippen LogP contribution < -0.4 is 0 Å². The SMILES string of the molecule is C=CC(=O)O[C@@H]1[C@@H](O)[C@@H](OC(=O)c2ccccc2)[C@@H](O)[C@H](O)[C@H]1O. The highest BCUT2D eigenvalue weighted by Gasteiger charge is 2.52. The number of aliphatic hydroxyl groups excluding tert-OH is 4. The lowest BCUT2D eigenvalue weighted by atomic mass is 9.84. The Morgan fingerprint density at radius 1 is 0.875 bits per heavy atom. The molecule has 8 nitrogen and oxygen atoms in total. The van der Waals surface area contributed by atoms with Crippen molar-refractivity contribution >= 4 is 11.9 Å². The summed E-state index contributed by atoms with van der Waals surface area (Å²) in [5.74, 6) is -1.80.